The summed E-state index contributed by atoms with van der Waals surface area (Å²) in [5.41, 5.74) is 6.55. The number of amides is 1. The number of nitrogen functional groups attached to an aromatic ring is 1. The van der Waals surface area contributed by atoms with Crippen molar-refractivity contribution in [2.75, 3.05) is 5.73 Å². The average molecular weight is 341 g/mol. The van der Waals surface area contributed by atoms with Crippen LogP contribution in [0.15, 0.2) is 40.9 Å². The summed E-state index contributed by atoms with van der Waals surface area (Å²) in [5.74, 6) is -1.78. The Balaban J connectivity index is 2.08. The van der Waals surface area contributed by atoms with Gasteiger partial charge in [0.15, 0.2) is 0 Å². The van der Waals surface area contributed by atoms with Gasteiger partial charge in [0.25, 0.3) is 5.91 Å². The Hall–Kier alpha value is -1.95. The van der Waals surface area contributed by atoms with Crippen LogP contribution in [0.4, 0.5) is 14.5 Å². The number of nitrogens with two attached hydrogens (primary N) is 1. The molecule has 0 unspecified atom stereocenters. The normalized spacial score (nSPS) is 10.3. The molecule has 3 nitrogen and oxygen atoms in total. The molecule has 0 bridgehead atoms. The van der Waals surface area contributed by atoms with E-state index in [9.17, 15) is 13.6 Å². The number of anilines is 1. The van der Waals surface area contributed by atoms with E-state index in [1.807, 2.05) is 0 Å². The second-order valence-electron chi connectivity index (χ2n) is 4.15. The fourth-order valence-electron chi connectivity index (χ4n) is 1.68. The topological polar surface area (TPSA) is 55.1 Å². The Morgan fingerprint density at radius 1 is 1.20 bits per heavy atom. The van der Waals surface area contributed by atoms with E-state index < -0.39 is 17.5 Å². The lowest BCUT2D eigenvalue weighted by Gasteiger charge is -2.08. The van der Waals surface area contributed by atoms with Gasteiger partial charge in [-0.25, -0.2) is 8.78 Å². The van der Waals surface area contributed by atoms with Gasteiger partial charge >= 0.3 is 0 Å². The number of halogens is 3. The van der Waals surface area contributed by atoms with Gasteiger partial charge in [0.05, 0.1) is 5.56 Å². The maximum absolute atomic E-state index is 13.4. The molecule has 6 heteroatoms. The van der Waals surface area contributed by atoms with E-state index in [0.717, 1.165) is 16.6 Å². The SMILES string of the molecule is Nc1cc(Br)ccc1C(=O)NCc1ccc(F)cc1F. The number of hydrogen-bond donors (Lipinski definition) is 2. The molecule has 1 amide bonds. The van der Waals surface area contributed by atoms with Crippen LogP contribution < -0.4 is 11.1 Å². The second-order valence-corrected chi connectivity index (χ2v) is 5.07. The van der Waals surface area contributed by atoms with E-state index in [1.54, 1.807) is 18.2 Å². The van der Waals surface area contributed by atoms with E-state index in [2.05, 4.69) is 21.2 Å². The van der Waals surface area contributed by atoms with E-state index in [1.165, 1.54) is 6.07 Å². The molecule has 0 spiro atoms. The monoisotopic (exact) mass is 340 g/mol. The molecule has 0 saturated carbocycles. The molecule has 0 aliphatic heterocycles. The summed E-state index contributed by atoms with van der Waals surface area (Å²) in [6, 6.07) is 8.05. The Kier molecular flexibility index (Phi) is 4.34. The third-order valence-electron chi connectivity index (χ3n) is 2.71. The van der Waals surface area contributed by atoms with Gasteiger partial charge in [0.2, 0.25) is 0 Å². The van der Waals surface area contributed by atoms with Gasteiger partial charge in [-0.2, -0.15) is 0 Å². The van der Waals surface area contributed by atoms with Gasteiger partial charge in [-0.1, -0.05) is 22.0 Å². The smallest absolute Gasteiger partial charge is 0.253 e. The predicted octanol–water partition coefficient (Wildman–Crippen LogP) is 3.24. The highest BCUT2D eigenvalue weighted by Gasteiger charge is 2.11. The van der Waals surface area contributed by atoms with Gasteiger partial charge in [-0.05, 0) is 24.3 Å². The molecule has 0 aliphatic carbocycles. The standard InChI is InChI=1S/C14H11BrF2N2O/c15-9-2-4-11(13(18)5-9)14(20)19-7-8-1-3-10(16)6-12(8)17/h1-6H,7,18H2,(H,19,20). The molecule has 0 radical (unpaired) electrons. The van der Waals surface area contributed by atoms with E-state index in [4.69, 9.17) is 5.73 Å². The molecular weight excluding hydrogens is 330 g/mol. The van der Waals surface area contributed by atoms with Crippen LogP contribution in [0.25, 0.3) is 0 Å². The Labute approximate surface area is 122 Å². The van der Waals surface area contributed by atoms with Crippen LogP contribution in [0.5, 0.6) is 0 Å². The summed E-state index contributed by atoms with van der Waals surface area (Å²) in [6.07, 6.45) is 0. The minimum atomic E-state index is -0.700. The molecule has 104 valence electrons. The van der Waals surface area contributed by atoms with Crippen molar-refractivity contribution in [3.05, 3.63) is 63.6 Å². The van der Waals surface area contributed by atoms with Crippen molar-refractivity contribution >= 4 is 27.5 Å². The third-order valence-corrected chi connectivity index (χ3v) is 3.21. The molecule has 0 heterocycles. The van der Waals surface area contributed by atoms with Crippen molar-refractivity contribution in [3.63, 3.8) is 0 Å². The molecule has 0 aromatic heterocycles. The first-order chi connectivity index (χ1) is 9.47. The van der Waals surface area contributed by atoms with Crippen molar-refractivity contribution in [2.24, 2.45) is 0 Å². The summed E-state index contributed by atoms with van der Waals surface area (Å²) in [7, 11) is 0. The maximum Gasteiger partial charge on any atom is 0.253 e. The molecule has 0 atom stereocenters. The maximum atomic E-state index is 13.4. The summed E-state index contributed by atoms with van der Waals surface area (Å²) >= 11 is 3.24. The zero-order valence-corrected chi connectivity index (χ0v) is 11.9. The average Bonchev–Trinajstić information content (AvgIpc) is 2.37. The lowest BCUT2D eigenvalue weighted by molar-refractivity contribution is 0.0951. The van der Waals surface area contributed by atoms with E-state index in [-0.39, 0.29) is 12.1 Å². The van der Waals surface area contributed by atoms with Crippen LogP contribution in [-0.2, 0) is 6.54 Å². The number of nitrogens with one attached hydrogen (secondary N) is 1. The molecule has 0 saturated heterocycles. The first kappa shape index (κ1) is 14.5. The first-order valence-electron chi connectivity index (χ1n) is 5.74. The van der Waals surface area contributed by atoms with Crippen LogP contribution in [0.3, 0.4) is 0 Å². The van der Waals surface area contributed by atoms with Gasteiger partial charge in [-0.3, -0.25) is 4.79 Å². The van der Waals surface area contributed by atoms with Crippen LogP contribution in [0.1, 0.15) is 15.9 Å². The lowest BCUT2D eigenvalue weighted by atomic mass is 10.1. The summed E-state index contributed by atoms with van der Waals surface area (Å²) in [5, 5.41) is 2.54. The number of carbonyl (C=O) groups is 1. The van der Waals surface area contributed by atoms with Crippen molar-refractivity contribution in [1.82, 2.24) is 5.32 Å². The first-order valence-corrected chi connectivity index (χ1v) is 6.54. The summed E-state index contributed by atoms with van der Waals surface area (Å²) in [4.78, 5) is 11.9. The minimum Gasteiger partial charge on any atom is -0.398 e. The van der Waals surface area contributed by atoms with Gasteiger partial charge < -0.3 is 11.1 Å². The predicted molar refractivity (Wildman–Crippen MR) is 76.1 cm³/mol. The quantitative estimate of drug-likeness (QED) is 0.842. The van der Waals surface area contributed by atoms with Crippen molar-refractivity contribution in [3.8, 4) is 0 Å². The molecule has 20 heavy (non-hydrogen) atoms. The van der Waals surface area contributed by atoms with Crippen molar-refractivity contribution in [1.29, 1.82) is 0 Å². The largest absolute Gasteiger partial charge is 0.398 e. The fourth-order valence-corrected chi connectivity index (χ4v) is 2.05. The number of benzene rings is 2. The minimum absolute atomic E-state index is 0.0412. The zero-order chi connectivity index (χ0) is 14.7. The number of carbonyl (C=O) groups excluding carboxylic acids is 1. The highest BCUT2D eigenvalue weighted by molar-refractivity contribution is 9.10. The summed E-state index contributed by atoms with van der Waals surface area (Å²) < 4.78 is 26.9. The van der Waals surface area contributed by atoms with Crippen LogP contribution in [-0.4, -0.2) is 5.91 Å². The molecule has 0 fully saturated rings. The van der Waals surface area contributed by atoms with Gasteiger partial charge in [0.1, 0.15) is 11.6 Å². The second kappa shape index (κ2) is 6.00. The zero-order valence-electron chi connectivity index (χ0n) is 10.3. The highest BCUT2D eigenvalue weighted by atomic mass is 79.9. The Morgan fingerprint density at radius 2 is 1.95 bits per heavy atom. The molecule has 2 rings (SSSR count). The van der Waals surface area contributed by atoms with Crippen LogP contribution in [0.2, 0.25) is 0 Å². The van der Waals surface area contributed by atoms with Crippen LogP contribution in [0, 0.1) is 11.6 Å². The van der Waals surface area contributed by atoms with Gasteiger partial charge in [-0.15, -0.1) is 0 Å². The third kappa shape index (κ3) is 3.33. The Morgan fingerprint density at radius 3 is 2.60 bits per heavy atom. The Bertz CT molecular complexity index is 662. The molecule has 2 aromatic rings. The summed E-state index contributed by atoms with van der Waals surface area (Å²) in [6.45, 7) is -0.0412. The van der Waals surface area contributed by atoms with Gasteiger partial charge in [0, 0.05) is 28.3 Å². The van der Waals surface area contributed by atoms with Crippen molar-refractivity contribution < 1.29 is 13.6 Å². The number of rotatable bonds is 3. The molecule has 3 N–H and O–H groups in total. The fraction of sp³-hybridized carbons (Fsp3) is 0.0714. The molecule has 0 aliphatic rings. The van der Waals surface area contributed by atoms with Crippen molar-refractivity contribution in [2.45, 2.75) is 6.54 Å². The van der Waals surface area contributed by atoms with E-state index >= 15 is 0 Å². The number of hydrogen-bond acceptors (Lipinski definition) is 2. The van der Waals surface area contributed by atoms with Crippen LogP contribution >= 0.6 is 15.9 Å². The lowest BCUT2D eigenvalue weighted by Crippen LogP contribution is -2.24. The van der Waals surface area contributed by atoms with E-state index in [0.29, 0.717) is 11.3 Å². The molecular formula is C14H11BrF2N2O. The highest BCUT2D eigenvalue weighted by Crippen LogP contribution is 2.18. The molecule has 2 aromatic carbocycles.